The molecule has 0 spiro atoms. The number of hydrogen-bond acceptors (Lipinski definition) is 2. The molecule has 0 unspecified atom stereocenters. The Morgan fingerprint density at radius 1 is 1.06 bits per heavy atom. The van der Waals surface area contributed by atoms with Crippen molar-refractivity contribution in [1.29, 1.82) is 0 Å². The fraction of sp³-hybridized carbons (Fsp3) is 0.500. The molecule has 0 aliphatic carbocycles. The minimum Gasteiger partial charge on any atom is -0.481 e. The summed E-state index contributed by atoms with van der Waals surface area (Å²) >= 11 is 0. The zero-order chi connectivity index (χ0) is 12.1. The van der Waals surface area contributed by atoms with E-state index in [-0.39, 0.29) is 18.8 Å². The first-order valence-electron chi connectivity index (χ1n) is 6.26. The maximum Gasteiger partial charge on any atom is 0.307 e. The SMILES string of the molecule is Cl.O=C(O)Cc1ccc(CN2CCCCC2)cc1. The van der Waals surface area contributed by atoms with Crippen molar-refractivity contribution in [3.05, 3.63) is 35.4 Å². The molecule has 0 radical (unpaired) electrons. The van der Waals surface area contributed by atoms with Gasteiger partial charge in [0.1, 0.15) is 0 Å². The van der Waals surface area contributed by atoms with Crippen LogP contribution in [-0.4, -0.2) is 29.1 Å². The minimum atomic E-state index is -0.770. The monoisotopic (exact) mass is 269 g/mol. The minimum absolute atomic E-state index is 0. The molecule has 1 heterocycles. The highest BCUT2D eigenvalue weighted by atomic mass is 35.5. The molecule has 0 aromatic heterocycles. The molecule has 1 N–H and O–H groups in total. The lowest BCUT2D eigenvalue weighted by molar-refractivity contribution is -0.136. The number of piperidine rings is 1. The molecular formula is C14H20ClNO2. The van der Waals surface area contributed by atoms with Gasteiger partial charge in [0, 0.05) is 6.54 Å². The zero-order valence-electron chi connectivity index (χ0n) is 10.5. The molecule has 1 aliphatic heterocycles. The molecule has 1 fully saturated rings. The van der Waals surface area contributed by atoms with E-state index in [0.29, 0.717) is 0 Å². The lowest BCUT2D eigenvalue weighted by Crippen LogP contribution is -2.29. The van der Waals surface area contributed by atoms with Crippen LogP contribution in [0.25, 0.3) is 0 Å². The molecule has 18 heavy (non-hydrogen) atoms. The summed E-state index contributed by atoms with van der Waals surface area (Å²) in [7, 11) is 0. The van der Waals surface area contributed by atoms with Crippen LogP contribution in [0.4, 0.5) is 0 Å². The Balaban J connectivity index is 0.00000162. The quantitative estimate of drug-likeness (QED) is 0.914. The smallest absolute Gasteiger partial charge is 0.307 e. The van der Waals surface area contributed by atoms with Crippen LogP contribution in [0.3, 0.4) is 0 Å². The van der Waals surface area contributed by atoms with E-state index < -0.39 is 5.97 Å². The zero-order valence-corrected chi connectivity index (χ0v) is 11.3. The summed E-state index contributed by atoms with van der Waals surface area (Å²) in [4.78, 5) is 13.0. The molecule has 1 aliphatic rings. The summed E-state index contributed by atoms with van der Waals surface area (Å²) in [5, 5.41) is 8.69. The van der Waals surface area contributed by atoms with Crippen molar-refractivity contribution >= 4 is 18.4 Å². The van der Waals surface area contributed by atoms with Gasteiger partial charge >= 0.3 is 5.97 Å². The Morgan fingerprint density at radius 3 is 2.17 bits per heavy atom. The van der Waals surface area contributed by atoms with E-state index in [2.05, 4.69) is 4.90 Å². The highest BCUT2D eigenvalue weighted by molar-refractivity contribution is 5.85. The van der Waals surface area contributed by atoms with Crippen molar-refractivity contribution < 1.29 is 9.90 Å². The molecule has 1 aromatic carbocycles. The molecule has 1 saturated heterocycles. The average Bonchev–Trinajstić information content (AvgIpc) is 2.32. The molecular weight excluding hydrogens is 250 g/mol. The van der Waals surface area contributed by atoms with Crippen molar-refractivity contribution in [3.8, 4) is 0 Å². The van der Waals surface area contributed by atoms with Gasteiger partial charge in [0.2, 0.25) is 0 Å². The van der Waals surface area contributed by atoms with Gasteiger partial charge in [0.25, 0.3) is 0 Å². The highest BCUT2D eigenvalue weighted by Crippen LogP contribution is 2.13. The summed E-state index contributed by atoms with van der Waals surface area (Å²) in [5.41, 5.74) is 2.15. The average molecular weight is 270 g/mol. The number of aliphatic carboxylic acids is 1. The van der Waals surface area contributed by atoms with Gasteiger partial charge in [0.05, 0.1) is 6.42 Å². The molecule has 1 aromatic rings. The van der Waals surface area contributed by atoms with Crippen LogP contribution in [0.15, 0.2) is 24.3 Å². The van der Waals surface area contributed by atoms with Crippen molar-refractivity contribution in [2.24, 2.45) is 0 Å². The van der Waals surface area contributed by atoms with Crippen LogP contribution in [-0.2, 0) is 17.8 Å². The number of carboxylic acid groups (broad SMARTS) is 1. The number of halogens is 1. The van der Waals surface area contributed by atoms with Crippen LogP contribution >= 0.6 is 12.4 Å². The molecule has 0 bridgehead atoms. The maximum atomic E-state index is 10.6. The molecule has 0 saturated carbocycles. The maximum absolute atomic E-state index is 10.6. The normalized spacial score (nSPS) is 16.0. The van der Waals surface area contributed by atoms with Gasteiger partial charge in [-0.15, -0.1) is 12.4 Å². The number of benzene rings is 1. The number of hydrogen-bond donors (Lipinski definition) is 1. The fourth-order valence-electron chi connectivity index (χ4n) is 2.31. The van der Waals surface area contributed by atoms with Gasteiger partial charge in [0.15, 0.2) is 0 Å². The molecule has 100 valence electrons. The Morgan fingerprint density at radius 2 is 1.61 bits per heavy atom. The molecule has 4 heteroatoms. The van der Waals surface area contributed by atoms with Gasteiger partial charge in [-0.2, -0.15) is 0 Å². The third kappa shape index (κ3) is 4.67. The van der Waals surface area contributed by atoms with Crippen LogP contribution in [0, 0.1) is 0 Å². The second kappa shape index (κ2) is 7.39. The van der Waals surface area contributed by atoms with E-state index in [9.17, 15) is 4.79 Å². The largest absolute Gasteiger partial charge is 0.481 e. The van der Waals surface area contributed by atoms with E-state index >= 15 is 0 Å². The van der Waals surface area contributed by atoms with Crippen molar-refractivity contribution in [2.75, 3.05) is 13.1 Å². The number of carboxylic acids is 1. The van der Waals surface area contributed by atoms with Gasteiger partial charge in [-0.3, -0.25) is 9.69 Å². The third-order valence-corrected chi connectivity index (χ3v) is 3.23. The molecule has 0 atom stereocenters. The number of nitrogens with zero attached hydrogens (tertiary/aromatic N) is 1. The molecule has 2 rings (SSSR count). The van der Waals surface area contributed by atoms with E-state index in [1.54, 1.807) is 0 Å². The summed E-state index contributed by atoms with van der Waals surface area (Å²) in [6.07, 6.45) is 4.08. The van der Waals surface area contributed by atoms with Crippen molar-refractivity contribution in [3.63, 3.8) is 0 Å². The van der Waals surface area contributed by atoms with Gasteiger partial charge in [-0.05, 0) is 37.1 Å². The summed E-state index contributed by atoms with van der Waals surface area (Å²) < 4.78 is 0. The standard InChI is InChI=1S/C14H19NO2.ClH/c16-14(17)10-12-4-6-13(7-5-12)11-15-8-2-1-3-9-15;/h4-7H,1-3,8-11H2,(H,16,17);1H. The van der Waals surface area contributed by atoms with Crippen LogP contribution in [0.1, 0.15) is 30.4 Å². The topological polar surface area (TPSA) is 40.5 Å². The van der Waals surface area contributed by atoms with Gasteiger partial charge in [-0.25, -0.2) is 0 Å². The Labute approximate surface area is 114 Å². The highest BCUT2D eigenvalue weighted by Gasteiger charge is 2.10. The van der Waals surface area contributed by atoms with Crippen LogP contribution in [0.5, 0.6) is 0 Å². The first-order chi connectivity index (χ1) is 8.24. The fourth-order valence-corrected chi connectivity index (χ4v) is 2.31. The van der Waals surface area contributed by atoms with E-state index in [1.165, 1.54) is 37.9 Å². The number of rotatable bonds is 4. The van der Waals surface area contributed by atoms with E-state index in [4.69, 9.17) is 5.11 Å². The van der Waals surface area contributed by atoms with Crippen LogP contribution < -0.4 is 0 Å². The second-order valence-corrected chi connectivity index (χ2v) is 4.72. The Kier molecular flexibility index (Phi) is 6.16. The summed E-state index contributed by atoms with van der Waals surface area (Å²) in [6, 6.07) is 7.94. The van der Waals surface area contributed by atoms with E-state index in [1.807, 2.05) is 24.3 Å². The summed E-state index contributed by atoms with van der Waals surface area (Å²) in [5.74, 6) is -0.770. The Bertz CT molecular complexity index is 372. The van der Waals surface area contributed by atoms with Gasteiger partial charge < -0.3 is 5.11 Å². The predicted octanol–water partition coefficient (Wildman–Crippen LogP) is 2.72. The number of carbonyl (C=O) groups is 1. The second-order valence-electron chi connectivity index (χ2n) is 4.72. The predicted molar refractivity (Wildman–Crippen MR) is 74.2 cm³/mol. The first-order valence-corrected chi connectivity index (χ1v) is 6.26. The molecule has 0 amide bonds. The van der Waals surface area contributed by atoms with Crippen molar-refractivity contribution in [2.45, 2.75) is 32.2 Å². The number of likely N-dealkylation sites (tertiary alicyclic amines) is 1. The Hall–Kier alpha value is -1.06. The summed E-state index contributed by atoms with van der Waals surface area (Å²) in [6.45, 7) is 3.38. The van der Waals surface area contributed by atoms with E-state index in [0.717, 1.165) is 12.1 Å². The third-order valence-electron chi connectivity index (χ3n) is 3.23. The van der Waals surface area contributed by atoms with Gasteiger partial charge in [-0.1, -0.05) is 30.7 Å². The molecule has 3 nitrogen and oxygen atoms in total. The van der Waals surface area contributed by atoms with Crippen molar-refractivity contribution in [1.82, 2.24) is 4.90 Å². The lowest BCUT2D eigenvalue weighted by atomic mass is 10.1. The van der Waals surface area contributed by atoms with Crippen LogP contribution in [0.2, 0.25) is 0 Å². The lowest BCUT2D eigenvalue weighted by Gasteiger charge is -2.26. The first kappa shape index (κ1) is 15.0.